The van der Waals surface area contributed by atoms with Gasteiger partial charge in [0.15, 0.2) is 0 Å². The first-order valence-corrected chi connectivity index (χ1v) is 8.53. The lowest BCUT2D eigenvalue weighted by molar-refractivity contribution is 0.0696. The Labute approximate surface area is 124 Å². The second kappa shape index (κ2) is 7.02. The van der Waals surface area contributed by atoms with Crippen LogP contribution in [0, 0.1) is 0 Å². The highest BCUT2D eigenvalue weighted by Gasteiger charge is 2.16. The topological polar surface area (TPSA) is 86.7 Å². The maximum absolute atomic E-state index is 12.1. The van der Waals surface area contributed by atoms with Crippen molar-refractivity contribution in [2.45, 2.75) is 24.2 Å². The number of sulfonamides is 1. The van der Waals surface area contributed by atoms with E-state index < -0.39 is 16.0 Å². The standard InChI is InChI=1S/C14H20N2O4S/c17-14(18)12-5-3-6-13(11-12)21(19,20)15-7-4-10-16-8-1-2-9-16/h3,5-6,11,15H,1-2,4,7-10H2,(H,17,18). The van der Waals surface area contributed by atoms with Crippen LogP contribution in [0.5, 0.6) is 0 Å². The summed E-state index contributed by atoms with van der Waals surface area (Å²) in [5, 5.41) is 8.89. The predicted molar refractivity (Wildman–Crippen MR) is 78.9 cm³/mol. The molecule has 6 nitrogen and oxygen atoms in total. The molecule has 1 saturated heterocycles. The molecule has 0 aromatic heterocycles. The molecular formula is C14H20N2O4S. The van der Waals surface area contributed by atoms with Crippen LogP contribution in [0.3, 0.4) is 0 Å². The van der Waals surface area contributed by atoms with E-state index in [0.717, 1.165) is 26.1 Å². The van der Waals surface area contributed by atoms with Crippen molar-refractivity contribution in [3.05, 3.63) is 29.8 Å². The molecule has 1 aliphatic heterocycles. The molecule has 0 spiro atoms. The maximum atomic E-state index is 12.1. The quantitative estimate of drug-likeness (QED) is 0.738. The molecule has 1 aliphatic rings. The van der Waals surface area contributed by atoms with Gasteiger partial charge in [-0.25, -0.2) is 17.9 Å². The number of carbonyl (C=O) groups is 1. The number of rotatable bonds is 7. The van der Waals surface area contributed by atoms with Gasteiger partial charge in [-0.1, -0.05) is 6.07 Å². The van der Waals surface area contributed by atoms with E-state index in [0.29, 0.717) is 6.54 Å². The molecule has 1 aromatic carbocycles. The van der Waals surface area contributed by atoms with Crippen molar-refractivity contribution in [3.8, 4) is 0 Å². The Kier molecular flexibility index (Phi) is 5.33. The zero-order valence-electron chi connectivity index (χ0n) is 11.8. The highest BCUT2D eigenvalue weighted by molar-refractivity contribution is 7.89. The highest BCUT2D eigenvalue weighted by atomic mass is 32.2. The monoisotopic (exact) mass is 312 g/mol. The summed E-state index contributed by atoms with van der Waals surface area (Å²) in [4.78, 5) is 13.2. The van der Waals surface area contributed by atoms with Gasteiger partial charge in [0.05, 0.1) is 10.5 Å². The molecule has 7 heteroatoms. The van der Waals surface area contributed by atoms with E-state index in [1.54, 1.807) is 0 Å². The fourth-order valence-corrected chi connectivity index (χ4v) is 3.51. The van der Waals surface area contributed by atoms with Gasteiger partial charge in [0.2, 0.25) is 10.0 Å². The summed E-state index contributed by atoms with van der Waals surface area (Å²) < 4.78 is 26.7. The first-order valence-electron chi connectivity index (χ1n) is 7.04. The van der Waals surface area contributed by atoms with Gasteiger partial charge in [0.1, 0.15) is 0 Å². The average Bonchev–Trinajstić information content (AvgIpc) is 2.97. The summed E-state index contributed by atoms with van der Waals surface area (Å²) >= 11 is 0. The third-order valence-corrected chi connectivity index (χ3v) is 4.99. The molecule has 1 aromatic rings. The lowest BCUT2D eigenvalue weighted by Gasteiger charge is -2.14. The SMILES string of the molecule is O=C(O)c1cccc(S(=O)(=O)NCCCN2CCCC2)c1. The molecule has 0 atom stereocenters. The van der Waals surface area contributed by atoms with Crippen LogP contribution < -0.4 is 4.72 Å². The van der Waals surface area contributed by atoms with E-state index in [1.165, 1.54) is 37.1 Å². The molecule has 1 heterocycles. The van der Waals surface area contributed by atoms with E-state index in [9.17, 15) is 13.2 Å². The number of nitrogens with zero attached hydrogens (tertiary/aromatic N) is 1. The number of hydrogen-bond acceptors (Lipinski definition) is 4. The summed E-state index contributed by atoms with van der Waals surface area (Å²) in [6.45, 7) is 3.43. The minimum atomic E-state index is -3.64. The van der Waals surface area contributed by atoms with Crippen molar-refractivity contribution < 1.29 is 18.3 Å². The van der Waals surface area contributed by atoms with Gasteiger partial charge in [-0.15, -0.1) is 0 Å². The summed E-state index contributed by atoms with van der Waals surface area (Å²) in [6.07, 6.45) is 3.18. The van der Waals surface area contributed by atoms with E-state index in [4.69, 9.17) is 5.11 Å². The van der Waals surface area contributed by atoms with Crippen molar-refractivity contribution in [2.75, 3.05) is 26.2 Å². The number of nitrogens with one attached hydrogen (secondary N) is 1. The molecule has 116 valence electrons. The summed E-state index contributed by atoms with van der Waals surface area (Å²) in [7, 11) is -3.64. The fraction of sp³-hybridized carbons (Fsp3) is 0.500. The summed E-state index contributed by atoms with van der Waals surface area (Å²) in [6, 6.07) is 5.37. The molecule has 21 heavy (non-hydrogen) atoms. The van der Waals surface area contributed by atoms with E-state index in [2.05, 4.69) is 9.62 Å². The van der Waals surface area contributed by atoms with Crippen LogP contribution in [0.1, 0.15) is 29.6 Å². The normalized spacial score (nSPS) is 16.2. The molecule has 2 N–H and O–H groups in total. The smallest absolute Gasteiger partial charge is 0.335 e. The van der Waals surface area contributed by atoms with E-state index in [1.807, 2.05) is 0 Å². The zero-order chi connectivity index (χ0) is 15.3. The first kappa shape index (κ1) is 15.9. The van der Waals surface area contributed by atoms with Crippen LogP contribution >= 0.6 is 0 Å². The fourth-order valence-electron chi connectivity index (χ4n) is 2.40. The molecule has 0 aliphatic carbocycles. The van der Waals surface area contributed by atoms with Gasteiger partial charge in [-0.05, 0) is 57.1 Å². The van der Waals surface area contributed by atoms with Crippen LogP contribution in [-0.2, 0) is 10.0 Å². The molecular weight excluding hydrogens is 292 g/mol. The number of carboxylic acids is 1. The van der Waals surface area contributed by atoms with Crippen LogP contribution in [-0.4, -0.2) is 50.6 Å². The van der Waals surface area contributed by atoms with Crippen molar-refractivity contribution in [3.63, 3.8) is 0 Å². The molecule has 0 radical (unpaired) electrons. The molecule has 1 fully saturated rings. The van der Waals surface area contributed by atoms with Crippen molar-refractivity contribution in [1.29, 1.82) is 0 Å². The predicted octanol–water partition coefficient (Wildman–Crippen LogP) is 1.15. The van der Waals surface area contributed by atoms with Crippen LogP contribution in [0.2, 0.25) is 0 Å². The maximum Gasteiger partial charge on any atom is 0.335 e. The Hall–Kier alpha value is -1.44. The third kappa shape index (κ3) is 4.52. The van der Waals surface area contributed by atoms with E-state index in [-0.39, 0.29) is 10.5 Å². The van der Waals surface area contributed by atoms with Crippen LogP contribution in [0.4, 0.5) is 0 Å². The third-order valence-electron chi connectivity index (χ3n) is 3.53. The minimum absolute atomic E-state index is 0.0106. The Morgan fingerprint density at radius 2 is 2.00 bits per heavy atom. The number of aromatic carboxylic acids is 1. The molecule has 0 unspecified atom stereocenters. The lowest BCUT2D eigenvalue weighted by atomic mass is 10.2. The van der Waals surface area contributed by atoms with Gasteiger partial charge < -0.3 is 10.0 Å². The second-order valence-electron chi connectivity index (χ2n) is 5.13. The number of likely N-dealkylation sites (tertiary alicyclic amines) is 1. The molecule has 2 rings (SSSR count). The molecule has 0 saturated carbocycles. The molecule has 0 amide bonds. The number of benzene rings is 1. The van der Waals surface area contributed by atoms with Gasteiger partial charge in [-0.3, -0.25) is 0 Å². The zero-order valence-corrected chi connectivity index (χ0v) is 12.6. The second-order valence-corrected chi connectivity index (χ2v) is 6.90. The van der Waals surface area contributed by atoms with Crippen molar-refractivity contribution in [1.82, 2.24) is 9.62 Å². The van der Waals surface area contributed by atoms with Gasteiger partial charge in [-0.2, -0.15) is 0 Å². The Bertz CT molecular complexity index is 595. The highest BCUT2D eigenvalue weighted by Crippen LogP contribution is 2.12. The number of carboxylic acid groups (broad SMARTS) is 1. The van der Waals surface area contributed by atoms with E-state index >= 15 is 0 Å². The number of hydrogen-bond donors (Lipinski definition) is 2. The van der Waals surface area contributed by atoms with Gasteiger partial charge in [0, 0.05) is 6.54 Å². The van der Waals surface area contributed by atoms with Gasteiger partial charge >= 0.3 is 5.97 Å². The van der Waals surface area contributed by atoms with Crippen molar-refractivity contribution in [2.24, 2.45) is 0 Å². The Morgan fingerprint density at radius 3 is 2.67 bits per heavy atom. The van der Waals surface area contributed by atoms with Gasteiger partial charge in [0.25, 0.3) is 0 Å². The average molecular weight is 312 g/mol. The first-order chi connectivity index (χ1) is 9.99. The molecule has 0 bridgehead atoms. The summed E-state index contributed by atoms with van der Waals surface area (Å²) in [5.74, 6) is -1.14. The minimum Gasteiger partial charge on any atom is -0.478 e. The van der Waals surface area contributed by atoms with Crippen LogP contribution in [0.15, 0.2) is 29.2 Å². The lowest BCUT2D eigenvalue weighted by Crippen LogP contribution is -2.28. The van der Waals surface area contributed by atoms with Crippen molar-refractivity contribution >= 4 is 16.0 Å². The Morgan fingerprint density at radius 1 is 1.29 bits per heavy atom. The summed E-state index contributed by atoms with van der Waals surface area (Å²) in [5.41, 5.74) is -0.0325. The Balaban J connectivity index is 1.88. The van der Waals surface area contributed by atoms with Crippen LogP contribution in [0.25, 0.3) is 0 Å². The largest absolute Gasteiger partial charge is 0.478 e.